The van der Waals surface area contributed by atoms with Gasteiger partial charge >= 0.3 is 10.1 Å². The van der Waals surface area contributed by atoms with E-state index in [1.165, 1.54) is 65.7 Å². The van der Waals surface area contributed by atoms with E-state index in [0.717, 1.165) is 55.6 Å². The third kappa shape index (κ3) is 14.3. The molecule has 10 aromatic rings. The van der Waals surface area contributed by atoms with Crippen molar-refractivity contribution in [3.05, 3.63) is 214 Å². The highest BCUT2D eigenvalue weighted by atomic mass is 35.7. The number of aromatic hydroxyl groups is 3. The summed E-state index contributed by atoms with van der Waals surface area (Å²) in [6.45, 7) is 16.4. The summed E-state index contributed by atoms with van der Waals surface area (Å²) in [7, 11) is -2.56. The first-order valence-electron chi connectivity index (χ1n) is 24.7. The van der Waals surface area contributed by atoms with Crippen molar-refractivity contribution in [3.63, 3.8) is 0 Å². The molecule has 0 aliphatic heterocycles. The van der Waals surface area contributed by atoms with Crippen molar-refractivity contribution in [1.29, 1.82) is 0 Å². The van der Waals surface area contributed by atoms with Crippen molar-refractivity contribution >= 4 is 29.9 Å². The molecule has 408 valence electrons. The fourth-order valence-electron chi connectivity index (χ4n) is 7.84. The number of aryl methyl sites for hydroxylation is 8. The molecule has 0 saturated heterocycles. The highest BCUT2D eigenvalue weighted by molar-refractivity contribution is 8.13. The molecule has 2 aromatic heterocycles. The van der Waals surface area contributed by atoms with Gasteiger partial charge in [0.25, 0.3) is 9.05 Å². The summed E-state index contributed by atoms with van der Waals surface area (Å²) >= 11 is 0. The Balaban J connectivity index is 0.000000199. The molecule has 0 saturated carbocycles. The van der Waals surface area contributed by atoms with Gasteiger partial charge in [-0.1, -0.05) is 92.4 Å². The highest BCUT2D eigenvalue weighted by Gasteiger charge is 2.21. The van der Waals surface area contributed by atoms with Gasteiger partial charge in [-0.2, -0.15) is 8.42 Å². The van der Waals surface area contributed by atoms with Crippen LogP contribution in [0.3, 0.4) is 0 Å². The van der Waals surface area contributed by atoms with Crippen LogP contribution in [0.2, 0.25) is 0 Å². The van der Waals surface area contributed by atoms with E-state index in [2.05, 4.69) is 59.8 Å². The van der Waals surface area contributed by atoms with Gasteiger partial charge in [-0.25, -0.2) is 38.3 Å². The molecular weight excluding hydrogens is 1070 g/mol. The Labute approximate surface area is 471 Å². The second kappa shape index (κ2) is 24.9. The number of benzene rings is 8. The smallest absolute Gasteiger partial charge is 0.339 e. The second-order valence-electron chi connectivity index (χ2n) is 18.8. The zero-order valence-electron chi connectivity index (χ0n) is 44.4. The van der Waals surface area contributed by atoms with Gasteiger partial charge in [0.15, 0.2) is 34.9 Å². The van der Waals surface area contributed by atoms with Crippen LogP contribution in [0.15, 0.2) is 180 Å². The Bertz CT molecular complexity index is 3990. The first kappa shape index (κ1) is 58.8. The van der Waals surface area contributed by atoms with Gasteiger partial charge in [-0.15, -0.1) is 0 Å². The Morgan fingerprint density at radius 3 is 1.00 bits per heavy atom. The van der Waals surface area contributed by atoms with Crippen LogP contribution in [0, 0.1) is 55.4 Å². The largest absolute Gasteiger partial charge is 0.508 e. The zero-order valence-corrected chi connectivity index (χ0v) is 46.8. The summed E-state index contributed by atoms with van der Waals surface area (Å²) in [6.07, 6.45) is 0. The van der Waals surface area contributed by atoms with Gasteiger partial charge in [0, 0.05) is 45.1 Å². The Kier molecular flexibility index (Phi) is 18.3. The summed E-state index contributed by atoms with van der Waals surface area (Å²) in [4.78, 5) is 28.3. The molecule has 0 aliphatic rings. The Hall–Kier alpha value is -8.83. The van der Waals surface area contributed by atoms with Gasteiger partial charge < -0.3 is 19.5 Å². The van der Waals surface area contributed by atoms with Crippen molar-refractivity contribution in [2.24, 2.45) is 0 Å². The van der Waals surface area contributed by atoms with Crippen LogP contribution < -0.4 is 4.18 Å². The van der Waals surface area contributed by atoms with Crippen LogP contribution in [0.5, 0.6) is 23.0 Å². The molecule has 3 N–H and O–H groups in total. The first-order chi connectivity index (χ1) is 37.5. The van der Waals surface area contributed by atoms with Gasteiger partial charge in [-0.3, -0.25) is 0 Å². The SMILES string of the molecule is C.Cc1ccc(-c2nc(-c3ccc(C)c(C)c3)nc(-c3ccc(O)cc3O)n2)cc1C.Cc1ccc(-c2nc(-c3ccc(C)c(C)c3)nc(-c3ccc(OS(=O)(=O)c4ccccc4)cc3O)n2)cc1C.O=S(=O)(Cl)c1ccccc1. The lowest BCUT2D eigenvalue weighted by molar-refractivity contribution is 0.451. The second-order valence-corrected chi connectivity index (χ2v) is 22.9. The molecule has 8 aromatic carbocycles. The van der Waals surface area contributed by atoms with E-state index in [1.807, 2.05) is 88.4 Å². The van der Waals surface area contributed by atoms with Gasteiger partial charge in [0.2, 0.25) is 0 Å². The molecule has 0 amide bonds. The summed E-state index contributed by atoms with van der Waals surface area (Å²) in [5.74, 6) is 2.23. The molecule has 10 rings (SSSR count). The van der Waals surface area contributed by atoms with E-state index in [0.29, 0.717) is 40.2 Å². The molecule has 0 bridgehead atoms. The summed E-state index contributed by atoms with van der Waals surface area (Å²) in [5.41, 5.74) is 13.3. The first-order valence-corrected chi connectivity index (χ1v) is 28.4. The molecule has 2 heterocycles. The molecule has 80 heavy (non-hydrogen) atoms. The Morgan fingerprint density at radius 1 is 0.362 bits per heavy atom. The minimum Gasteiger partial charge on any atom is -0.508 e. The van der Waals surface area contributed by atoms with Crippen LogP contribution in [0.1, 0.15) is 51.9 Å². The van der Waals surface area contributed by atoms with Crippen LogP contribution in [-0.2, 0) is 19.2 Å². The average Bonchev–Trinajstić information content (AvgIpc) is 3.52. The standard InChI is InChI=1S/C31H27N3O4S.C25H23N3O2.C6H5ClO2S.CH4/c1-19-10-12-23(16-21(19)3)29-32-30(24-13-11-20(2)22(4)17-24)34-31(33-29)27-15-14-25(18-28(27)35)38-39(36,37)26-8-6-5-7-9-26;1-14-5-7-18(11-16(14)3)23-26-24(19-8-6-15(2)17(4)12-19)28-25(27-23)21-10-9-20(29)13-22(21)30;7-10(8,9)6-4-2-1-3-5-6;/h5-18,35H,1-4H3;5-13,29-30H,1-4H3;1-5H;1H4. The number of aromatic nitrogens is 6. The topological polar surface area (TPSA) is 216 Å². The quantitative estimate of drug-likeness (QED) is 0.0858. The van der Waals surface area contributed by atoms with E-state index in [1.54, 1.807) is 42.5 Å². The van der Waals surface area contributed by atoms with Crippen molar-refractivity contribution < 1.29 is 36.3 Å². The lowest BCUT2D eigenvalue weighted by Crippen LogP contribution is -2.09. The number of halogens is 1. The minimum atomic E-state index is -4.06. The number of nitrogens with zero attached hydrogens (tertiary/aromatic N) is 6. The van der Waals surface area contributed by atoms with Gasteiger partial charge in [0.1, 0.15) is 27.9 Å². The average molecular weight is 1130 g/mol. The number of hydrogen-bond donors (Lipinski definition) is 3. The summed E-state index contributed by atoms with van der Waals surface area (Å²) in [6, 6.07) is 48.5. The molecule has 0 unspecified atom stereocenters. The van der Waals surface area contributed by atoms with Crippen LogP contribution in [0.4, 0.5) is 0 Å². The van der Waals surface area contributed by atoms with Crippen molar-refractivity contribution in [2.75, 3.05) is 0 Å². The van der Waals surface area contributed by atoms with Crippen molar-refractivity contribution in [3.8, 4) is 91.3 Å². The predicted octanol–water partition coefficient (Wildman–Crippen LogP) is 14.3. The third-order valence-electron chi connectivity index (χ3n) is 13.0. The highest BCUT2D eigenvalue weighted by Crippen LogP contribution is 2.36. The van der Waals surface area contributed by atoms with Crippen molar-refractivity contribution in [1.82, 2.24) is 29.9 Å². The molecule has 0 spiro atoms. The van der Waals surface area contributed by atoms with Crippen LogP contribution in [-0.4, -0.2) is 62.1 Å². The predicted molar refractivity (Wildman–Crippen MR) is 316 cm³/mol. The maximum Gasteiger partial charge on any atom is 0.339 e. The maximum absolute atomic E-state index is 12.6. The van der Waals surface area contributed by atoms with Crippen LogP contribution in [0.25, 0.3) is 68.3 Å². The maximum atomic E-state index is 12.6. The molecule has 0 aliphatic carbocycles. The van der Waals surface area contributed by atoms with E-state index in [4.69, 9.17) is 24.8 Å². The van der Waals surface area contributed by atoms with Crippen LogP contribution >= 0.6 is 10.7 Å². The number of rotatable bonds is 10. The lowest BCUT2D eigenvalue weighted by Gasteiger charge is -2.12. The van der Waals surface area contributed by atoms with E-state index in [9.17, 15) is 32.2 Å². The van der Waals surface area contributed by atoms with Crippen molar-refractivity contribution in [2.45, 2.75) is 72.6 Å². The fourth-order valence-corrected chi connectivity index (χ4v) is 9.57. The molecular formula is C63H59ClN6O8S2. The molecule has 14 nitrogen and oxygen atoms in total. The number of phenolic OH excluding ortho intramolecular Hbond substituents is 3. The van der Waals surface area contributed by atoms with E-state index in [-0.39, 0.29) is 46.0 Å². The summed E-state index contributed by atoms with van der Waals surface area (Å²) in [5, 5.41) is 30.9. The van der Waals surface area contributed by atoms with E-state index < -0.39 is 19.2 Å². The fraction of sp³-hybridized carbons (Fsp3) is 0.143. The zero-order chi connectivity index (χ0) is 56.8. The third-order valence-corrected chi connectivity index (χ3v) is 15.7. The normalized spacial score (nSPS) is 11.1. The van der Waals surface area contributed by atoms with Gasteiger partial charge in [-0.05, 0) is 173 Å². The van der Waals surface area contributed by atoms with E-state index >= 15 is 0 Å². The number of hydrogen-bond acceptors (Lipinski definition) is 14. The summed E-state index contributed by atoms with van der Waals surface area (Å²) < 4.78 is 51.7. The number of phenols is 3. The monoisotopic (exact) mass is 1130 g/mol. The minimum absolute atomic E-state index is 0. The van der Waals surface area contributed by atoms with Gasteiger partial charge in [0.05, 0.1) is 16.0 Å². The molecule has 0 fully saturated rings. The molecule has 17 heteroatoms. The molecule has 0 radical (unpaired) electrons. The lowest BCUT2D eigenvalue weighted by atomic mass is 10.0. The Morgan fingerprint density at radius 2 is 0.688 bits per heavy atom. The molecule has 0 atom stereocenters.